The first-order valence-electron chi connectivity index (χ1n) is 4.88. The van der Waals surface area contributed by atoms with Crippen molar-refractivity contribution in [3.63, 3.8) is 0 Å². The van der Waals surface area contributed by atoms with Crippen LogP contribution in [0.3, 0.4) is 0 Å². The van der Waals surface area contributed by atoms with E-state index in [-0.39, 0.29) is 0 Å². The molecule has 3 N–H and O–H groups in total. The highest BCUT2D eigenvalue weighted by atomic mass is 16.6. The van der Waals surface area contributed by atoms with Gasteiger partial charge in [0.15, 0.2) is 0 Å². The molecule has 0 spiro atoms. The molecule has 0 amide bonds. The SMILES string of the molecule is NOCCc1cccc(C2(O)CC2)c1. The Bertz CT molecular complexity index is 321. The number of rotatable bonds is 4. The van der Waals surface area contributed by atoms with E-state index in [1.54, 1.807) is 0 Å². The molecule has 0 bridgehead atoms. The highest BCUT2D eigenvalue weighted by Gasteiger charge is 2.41. The van der Waals surface area contributed by atoms with Crippen LogP contribution in [0.4, 0.5) is 0 Å². The van der Waals surface area contributed by atoms with Crippen LogP contribution in [0.15, 0.2) is 24.3 Å². The monoisotopic (exact) mass is 193 g/mol. The summed E-state index contributed by atoms with van der Waals surface area (Å²) in [7, 11) is 0. The lowest BCUT2D eigenvalue weighted by Gasteiger charge is -2.09. The Kier molecular flexibility index (Phi) is 2.54. The van der Waals surface area contributed by atoms with Crippen LogP contribution in [-0.4, -0.2) is 11.7 Å². The number of hydrogen-bond acceptors (Lipinski definition) is 3. The van der Waals surface area contributed by atoms with Gasteiger partial charge < -0.3 is 9.94 Å². The van der Waals surface area contributed by atoms with Crippen LogP contribution in [0.1, 0.15) is 24.0 Å². The third kappa shape index (κ3) is 1.95. The molecule has 0 saturated heterocycles. The highest BCUT2D eigenvalue weighted by Crippen LogP contribution is 2.45. The van der Waals surface area contributed by atoms with Gasteiger partial charge in [-0.2, -0.15) is 0 Å². The maximum absolute atomic E-state index is 9.89. The molecular formula is C11H15NO2. The van der Waals surface area contributed by atoms with Crippen molar-refractivity contribution in [2.24, 2.45) is 5.90 Å². The van der Waals surface area contributed by atoms with Gasteiger partial charge in [-0.15, -0.1) is 0 Å². The molecule has 2 rings (SSSR count). The van der Waals surface area contributed by atoms with E-state index in [1.165, 1.54) is 0 Å². The van der Waals surface area contributed by atoms with Gasteiger partial charge in [0.2, 0.25) is 0 Å². The minimum Gasteiger partial charge on any atom is -0.385 e. The van der Waals surface area contributed by atoms with Gasteiger partial charge in [0.25, 0.3) is 0 Å². The predicted molar refractivity (Wildman–Crippen MR) is 53.4 cm³/mol. The van der Waals surface area contributed by atoms with Crippen LogP contribution >= 0.6 is 0 Å². The van der Waals surface area contributed by atoms with Gasteiger partial charge in [0, 0.05) is 0 Å². The van der Waals surface area contributed by atoms with E-state index >= 15 is 0 Å². The minimum absolute atomic E-state index is 0.516. The molecule has 1 fully saturated rings. The average molecular weight is 193 g/mol. The molecule has 76 valence electrons. The fourth-order valence-corrected chi connectivity index (χ4v) is 1.60. The second-order valence-corrected chi connectivity index (χ2v) is 3.85. The summed E-state index contributed by atoms with van der Waals surface area (Å²) in [5.41, 5.74) is 1.64. The van der Waals surface area contributed by atoms with Gasteiger partial charge >= 0.3 is 0 Å². The van der Waals surface area contributed by atoms with E-state index in [0.717, 1.165) is 30.4 Å². The zero-order valence-corrected chi connectivity index (χ0v) is 8.07. The van der Waals surface area contributed by atoms with Crippen molar-refractivity contribution in [3.8, 4) is 0 Å². The van der Waals surface area contributed by atoms with E-state index in [0.29, 0.717) is 6.61 Å². The van der Waals surface area contributed by atoms with Crippen molar-refractivity contribution in [3.05, 3.63) is 35.4 Å². The summed E-state index contributed by atoms with van der Waals surface area (Å²) in [6, 6.07) is 8.00. The molecule has 0 radical (unpaired) electrons. The molecule has 1 aromatic rings. The first-order valence-corrected chi connectivity index (χ1v) is 4.88. The number of nitrogens with two attached hydrogens (primary N) is 1. The molecule has 14 heavy (non-hydrogen) atoms. The molecule has 3 heteroatoms. The maximum Gasteiger partial charge on any atom is 0.0899 e. The molecular weight excluding hydrogens is 178 g/mol. The van der Waals surface area contributed by atoms with Crippen LogP contribution in [-0.2, 0) is 16.9 Å². The first-order chi connectivity index (χ1) is 6.74. The molecule has 1 saturated carbocycles. The summed E-state index contributed by atoms with van der Waals surface area (Å²) in [5, 5.41) is 9.89. The lowest BCUT2D eigenvalue weighted by molar-refractivity contribution is 0.140. The molecule has 0 unspecified atom stereocenters. The molecule has 0 atom stereocenters. The normalized spacial score (nSPS) is 18.1. The summed E-state index contributed by atoms with van der Waals surface area (Å²) in [4.78, 5) is 4.52. The van der Waals surface area contributed by atoms with Crippen LogP contribution in [0.2, 0.25) is 0 Å². The van der Waals surface area contributed by atoms with Gasteiger partial charge in [-0.05, 0) is 30.4 Å². The van der Waals surface area contributed by atoms with Crippen molar-refractivity contribution in [2.75, 3.05) is 6.61 Å². The van der Waals surface area contributed by atoms with Gasteiger partial charge in [-0.25, -0.2) is 5.90 Å². The summed E-state index contributed by atoms with van der Waals surface area (Å²) < 4.78 is 0. The zero-order chi connectivity index (χ0) is 10.0. The van der Waals surface area contributed by atoms with Crippen molar-refractivity contribution in [2.45, 2.75) is 24.9 Å². The third-order valence-electron chi connectivity index (χ3n) is 2.70. The summed E-state index contributed by atoms with van der Waals surface area (Å²) >= 11 is 0. The second-order valence-electron chi connectivity index (χ2n) is 3.85. The summed E-state index contributed by atoms with van der Waals surface area (Å²) in [6.07, 6.45) is 2.55. The largest absolute Gasteiger partial charge is 0.385 e. The Labute approximate surface area is 83.5 Å². The van der Waals surface area contributed by atoms with E-state index in [2.05, 4.69) is 4.84 Å². The molecule has 1 aromatic carbocycles. The summed E-state index contributed by atoms with van der Waals surface area (Å²) in [5.74, 6) is 4.96. The third-order valence-corrected chi connectivity index (χ3v) is 2.70. The Morgan fingerprint density at radius 1 is 1.43 bits per heavy atom. The zero-order valence-electron chi connectivity index (χ0n) is 8.07. The lowest BCUT2D eigenvalue weighted by Crippen LogP contribution is -2.07. The first kappa shape index (κ1) is 9.65. The highest BCUT2D eigenvalue weighted by molar-refractivity contribution is 5.31. The number of benzene rings is 1. The van der Waals surface area contributed by atoms with Gasteiger partial charge in [0.1, 0.15) is 0 Å². The molecule has 1 aliphatic carbocycles. The predicted octanol–water partition coefficient (Wildman–Crippen LogP) is 1.10. The van der Waals surface area contributed by atoms with Crippen molar-refractivity contribution < 1.29 is 9.94 Å². The van der Waals surface area contributed by atoms with Gasteiger partial charge in [-0.1, -0.05) is 24.3 Å². The van der Waals surface area contributed by atoms with E-state index in [1.807, 2.05) is 24.3 Å². The molecule has 0 aliphatic heterocycles. The molecule has 0 heterocycles. The topological polar surface area (TPSA) is 55.5 Å². The number of aliphatic hydroxyl groups is 1. The summed E-state index contributed by atoms with van der Waals surface area (Å²) in [6.45, 7) is 0.516. The Morgan fingerprint density at radius 3 is 2.86 bits per heavy atom. The molecule has 0 aromatic heterocycles. The smallest absolute Gasteiger partial charge is 0.0899 e. The van der Waals surface area contributed by atoms with Crippen LogP contribution in [0.5, 0.6) is 0 Å². The second kappa shape index (κ2) is 3.69. The quantitative estimate of drug-likeness (QED) is 0.704. The fourth-order valence-electron chi connectivity index (χ4n) is 1.60. The van der Waals surface area contributed by atoms with Gasteiger partial charge in [0.05, 0.1) is 12.2 Å². The van der Waals surface area contributed by atoms with Crippen LogP contribution < -0.4 is 5.90 Å². The average Bonchev–Trinajstić information content (AvgIpc) is 2.95. The Morgan fingerprint density at radius 2 is 2.21 bits per heavy atom. The molecule has 3 nitrogen and oxygen atoms in total. The van der Waals surface area contributed by atoms with Crippen molar-refractivity contribution in [1.29, 1.82) is 0 Å². The minimum atomic E-state index is -0.542. The fraction of sp³-hybridized carbons (Fsp3) is 0.455. The van der Waals surface area contributed by atoms with Crippen LogP contribution in [0, 0.1) is 0 Å². The van der Waals surface area contributed by atoms with E-state index < -0.39 is 5.60 Å². The van der Waals surface area contributed by atoms with Gasteiger partial charge in [-0.3, -0.25) is 0 Å². The lowest BCUT2D eigenvalue weighted by atomic mass is 10.0. The Hall–Kier alpha value is -0.900. The molecule has 1 aliphatic rings. The van der Waals surface area contributed by atoms with Crippen molar-refractivity contribution >= 4 is 0 Å². The van der Waals surface area contributed by atoms with Crippen LogP contribution in [0.25, 0.3) is 0 Å². The maximum atomic E-state index is 9.89. The Balaban J connectivity index is 2.11. The standard InChI is InChI=1S/C11H15NO2/c12-14-7-4-9-2-1-3-10(8-9)11(13)5-6-11/h1-3,8,13H,4-7,12H2. The van der Waals surface area contributed by atoms with E-state index in [9.17, 15) is 5.11 Å². The van der Waals surface area contributed by atoms with E-state index in [4.69, 9.17) is 5.90 Å². The van der Waals surface area contributed by atoms with Crippen molar-refractivity contribution in [1.82, 2.24) is 0 Å². The number of hydrogen-bond donors (Lipinski definition) is 2.